The second-order valence-electron chi connectivity index (χ2n) is 33.6. The maximum Gasteiger partial charge on any atom is 0.221 e. The van der Waals surface area contributed by atoms with E-state index in [2.05, 4.69) is 401 Å². The average Bonchev–Trinajstić information content (AvgIpc) is 0.856. The predicted octanol–water partition coefficient (Wildman–Crippen LogP) is 30.8. The summed E-state index contributed by atoms with van der Waals surface area (Å²) in [6.45, 7) is 65.2. The second-order valence-corrected chi connectivity index (χ2v) is 33.6. The van der Waals surface area contributed by atoms with E-state index in [1.165, 1.54) is 107 Å². The van der Waals surface area contributed by atoms with Crippen molar-refractivity contribution >= 4 is 23.0 Å². The number of amides is 1. The summed E-state index contributed by atoms with van der Waals surface area (Å²) in [7, 11) is 4.12. The molecule has 0 saturated carbocycles. The minimum Gasteiger partial charge on any atom is -0.508 e. The van der Waals surface area contributed by atoms with E-state index in [1.807, 2.05) is 48.5 Å². The molecular weight excluding hydrogens is 1340 g/mol. The molecule has 4 N–H and O–H groups in total. The number of aromatic hydroxyl groups is 1. The molecule has 0 unspecified atom stereocenters. The Morgan fingerprint density at radius 1 is 0.364 bits per heavy atom. The van der Waals surface area contributed by atoms with Crippen molar-refractivity contribution in [3.8, 4) is 5.75 Å². The monoisotopic (exact) mass is 1490 g/mol. The molecule has 0 radical (unpaired) electrons. The molecular formula is C105H151N3O2. The van der Waals surface area contributed by atoms with Gasteiger partial charge in [0, 0.05) is 38.1 Å². The van der Waals surface area contributed by atoms with E-state index in [9.17, 15) is 4.79 Å². The fourth-order valence-corrected chi connectivity index (χ4v) is 11.2. The van der Waals surface area contributed by atoms with Gasteiger partial charge in [0.25, 0.3) is 0 Å². The normalized spacial score (nSPS) is 10.6. The van der Waals surface area contributed by atoms with E-state index in [0.29, 0.717) is 64.9 Å². The van der Waals surface area contributed by atoms with Crippen molar-refractivity contribution in [2.75, 3.05) is 30.0 Å². The zero-order valence-electron chi connectivity index (χ0n) is 74.9. The van der Waals surface area contributed by atoms with Crippen LogP contribution in [-0.4, -0.2) is 25.1 Å². The summed E-state index contributed by atoms with van der Waals surface area (Å²) in [5.41, 5.74) is 32.4. The molecule has 5 heteroatoms. The summed E-state index contributed by atoms with van der Waals surface area (Å²) in [5, 5.41) is 11.7. The SMILES string of the molecule is CC(=O)Nc1ccc(C(C)C)cc1.CC(C)c1ccc(C(C)(C)C)cc1.CC(C)c1ccc(N(C)C)cc1.CC(C)c1ccc(N)cc1.CC(C)c1ccc(O)cc1.CCc1ccc(C(C)C)cc1.Cc1ccc(C(C)C)c(C)c1.Cc1ccc(C(C)C)cc1.Cc1cccc(C(C)C)c1.Cc1ccccc1C(C)C. The third-order valence-corrected chi connectivity index (χ3v) is 18.9. The number of rotatable bonds is 13. The first-order valence-electron chi connectivity index (χ1n) is 40.7. The summed E-state index contributed by atoms with van der Waals surface area (Å²) < 4.78 is 0. The van der Waals surface area contributed by atoms with Crippen LogP contribution in [0.3, 0.4) is 0 Å². The van der Waals surface area contributed by atoms with Gasteiger partial charge in [-0.15, -0.1) is 0 Å². The van der Waals surface area contributed by atoms with Crippen LogP contribution < -0.4 is 16.0 Å². The lowest BCUT2D eigenvalue weighted by Gasteiger charge is -2.19. The van der Waals surface area contributed by atoms with E-state index in [4.69, 9.17) is 10.8 Å². The average molecular weight is 1490 g/mol. The van der Waals surface area contributed by atoms with Crippen molar-refractivity contribution < 1.29 is 9.90 Å². The highest BCUT2D eigenvalue weighted by Crippen LogP contribution is 2.27. The van der Waals surface area contributed by atoms with E-state index < -0.39 is 0 Å². The number of aryl methyl sites for hydroxylation is 6. The predicted molar refractivity (Wildman–Crippen MR) is 492 cm³/mol. The largest absolute Gasteiger partial charge is 0.508 e. The second kappa shape index (κ2) is 52.3. The van der Waals surface area contributed by atoms with Crippen LogP contribution in [0.5, 0.6) is 5.75 Å². The standard InChI is InChI=1S/C13H20.C11H15NO.C11H17N.2C11H16.3C10H14.C9H13N.C9H12O/c1-10(2)11-6-8-12(9-7-11)13(3,4)5;1-8(2)10-4-6-11(7-5-10)12-9(3)13;1-9(2)10-5-7-11(8-6-10)12(3)4;1-8(2)11-6-5-9(3)7-10(11)4;1-4-10-5-7-11(8-6-10)9(2)3;1-8(2)10-6-4-9(3)5-7-10;1-8(2)10-6-4-5-9(3)7-10;1-8(2)10-7-5-4-6-9(10)3;2*1-7(2)8-3-5-9(10)6-4-8/h6-10H,1-5H3;4-8H,1-3H3,(H,12,13);5-9H,1-4H3;5-8H,1-4H3;5-9H,4H2,1-3H3;3*4-8H,1-3H3;3-7H,10H2,1-2H3;3-7,10H,1-2H3. The summed E-state index contributed by atoms with van der Waals surface area (Å²) in [5.74, 6) is 6.50. The highest BCUT2D eigenvalue weighted by Gasteiger charge is 2.13. The third kappa shape index (κ3) is 41.8. The number of nitrogens with two attached hydrogens (primary N) is 1. The van der Waals surface area contributed by atoms with Gasteiger partial charge in [-0.3, -0.25) is 4.79 Å². The molecule has 598 valence electrons. The highest BCUT2D eigenvalue weighted by atomic mass is 16.3. The molecule has 5 nitrogen and oxygen atoms in total. The summed E-state index contributed by atoms with van der Waals surface area (Å²) >= 11 is 0. The molecule has 1 amide bonds. The third-order valence-electron chi connectivity index (χ3n) is 18.9. The number of phenolic OH excluding ortho intramolecular Hbond substituents is 1. The van der Waals surface area contributed by atoms with Gasteiger partial charge < -0.3 is 21.1 Å². The maximum absolute atomic E-state index is 10.7. The first-order valence-corrected chi connectivity index (χ1v) is 40.7. The Hall–Kier alpha value is -8.93. The minimum atomic E-state index is -0.0303. The number of carbonyl (C=O) groups excluding carboxylic acids is 1. The molecule has 110 heavy (non-hydrogen) atoms. The first kappa shape index (κ1) is 99.1. The van der Waals surface area contributed by atoms with Crippen molar-refractivity contribution in [1.29, 1.82) is 0 Å². The highest BCUT2D eigenvalue weighted by molar-refractivity contribution is 5.88. The van der Waals surface area contributed by atoms with Crippen LogP contribution in [0.4, 0.5) is 17.1 Å². The van der Waals surface area contributed by atoms with Crippen LogP contribution in [0.2, 0.25) is 0 Å². The van der Waals surface area contributed by atoms with E-state index in [-0.39, 0.29) is 11.3 Å². The van der Waals surface area contributed by atoms with Crippen LogP contribution in [0.1, 0.15) is 327 Å². The Labute approximate surface area is 674 Å². The zero-order chi connectivity index (χ0) is 83.5. The van der Waals surface area contributed by atoms with Crippen molar-refractivity contribution in [3.05, 3.63) is 331 Å². The Morgan fingerprint density at radius 2 is 0.700 bits per heavy atom. The van der Waals surface area contributed by atoms with Crippen molar-refractivity contribution in [2.24, 2.45) is 0 Å². The molecule has 10 aromatic carbocycles. The van der Waals surface area contributed by atoms with Gasteiger partial charge in [-0.1, -0.05) is 371 Å². The minimum absolute atomic E-state index is 0.0303. The van der Waals surface area contributed by atoms with E-state index in [0.717, 1.165) is 17.8 Å². The Balaban J connectivity index is 0.000000612. The first-order chi connectivity index (χ1) is 51.5. The van der Waals surface area contributed by atoms with Crippen LogP contribution in [0.25, 0.3) is 0 Å². The number of phenols is 1. The van der Waals surface area contributed by atoms with Crippen molar-refractivity contribution in [2.45, 2.75) is 279 Å². The maximum atomic E-state index is 10.7. The Bertz CT molecular complexity index is 3880. The smallest absolute Gasteiger partial charge is 0.221 e. The van der Waals surface area contributed by atoms with Crippen LogP contribution >= 0.6 is 0 Å². The van der Waals surface area contributed by atoms with Crippen molar-refractivity contribution in [3.63, 3.8) is 0 Å². The lowest BCUT2D eigenvalue weighted by Crippen LogP contribution is -2.10. The van der Waals surface area contributed by atoms with Gasteiger partial charge in [0.15, 0.2) is 0 Å². The number of nitrogens with one attached hydrogen (secondary N) is 1. The molecule has 0 spiro atoms. The lowest BCUT2D eigenvalue weighted by molar-refractivity contribution is -0.114. The number of hydrogen-bond donors (Lipinski definition) is 3. The molecule has 10 rings (SSSR count). The van der Waals surface area contributed by atoms with Gasteiger partial charge in [-0.05, 0) is 232 Å². The number of carbonyl (C=O) groups is 1. The van der Waals surface area contributed by atoms with Gasteiger partial charge >= 0.3 is 0 Å². The summed E-state index contributed by atoms with van der Waals surface area (Å²) in [6, 6.07) is 82.4. The number of anilines is 3. The molecule has 0 saturated heterocycles. The van der Waals surface area contributed by atoms with E-state index >= 15 is 0 Å². The number of hydrogen-bond acceptors (Lipinski definition) is 4. The Morgan fingerprint density at radius 3 is 1.03 bits per heavy atom. The molecule has 0 aliphatic heterocycles. The Kier molecular flexibility index (Phi) is 47.1. The fraction of sp³-hybridized carbons (Fsp3) is 0.419. The van der Waals surface area contributed by atoms with Crippen molar-refractivity contribution in [1.82, 2.24) is 0 Å². The van der Waals surface area contributed by atoms with Gasteiger partial charge in [0.05, 0.1) is 0 Å². The zero-order valence-corrected chi connectivity index (χ0v) is 74.9. The molecule has 0 fully saturated rings. The van der Waals surface area contributed by atoms with Crippen LogP contribution in [0.15, 0.2) is 237 Å². The quantitative estimate of drug-likeness (QED) is 0.101. The summed E-state index contributed by atoms with van der Waals surface area (Å²) in [6.07, 6.45) is 1.14. The van der Waals surface area contributed by atoms with Gasteiger partial charge in [0.1, 0.15) is 5.75 Å². The molecule has 10 aromatic rings. The topological polar surface area (TPSA) is 78.6 Å². The van der Waals surface area contributed by atoms with Crippen LogP contribution in [-0.2, 0) is 16.6 Å². The number of nitrogen functional groups attached to an aromatic ring is 1. The lowest BCUT2D eigenvalue weighted by atomic mass is 9.86. The van der Waals surface area contributed by atoms with Gasteiger partial charge in [-0.2, -0.15) is 0 Å². The molecule has 0 aliphatic carbocycles. The number of benzene rings is 10. The molecule has 0 aromatic heterocycles. The summed E-state index contributed by atoms with van der Waals surface area (Å²) in [4.78, 5) is 12.8. The van der Waals surface area contributed by atoms with Gasteiger partial charge in [0.2, 0.25) is 5.91 Å². The van der Waals surface area contributed by atoms with Crippen LogP contribution in [0, 0.1) is 34.6 Å². The number of nitrogens with zero attached hydrogens (tertiary/aromatic N) is 1. The fourth-order valence-electron chi connectivity index (χ4n) is 11.2. The molecule has 0 aliphatic rings. The van der Waals surface area contributed by atoms with Gasteiger partial charge in [-0.25, -0.2) is 0 Å². The van der Waals surface area contributed by atoms with E-state index in [1.54, 1.807) is 12.1 Å². The molecule has 0 atom stereocenters. The molecule has 0 heterocycles. The molecule has 0 bridgehead atoms.